The zero-order chi connectivity index (χ0) is 18.0. The number of nitrogens with zero attached hydrogens (tertiary/aromatic N) is 2. The normalized spacial score (nSPS) is 22.8. The third-order valence-corrected chi connectivity index (χ3v) is 8.49. The Balaban J connectivity index is 1.67. The fraction of sp³-hybridized carbons (Fsp3) is 0.529. The van der Waals surface area contributed by atoms with E-state index in [1.54, 1.807) is 16.7 Å². The number of hydrogen-bond donors (Lipinski definition) is 0. The van der Waals surface area contributed by atoms with E-state index in [-0.39, 0.29) is 28.7 Å². The third-order valence-electron chi connectivity index (χ3n) is 4.45. The van der Waals surface area contributed by atoms with E-state index < -0.39 is 9.84 Å². The molecule has 1 aromatic carbocycles. The smallest absolute Gasteiger partial charge is 0.236 e. The van der Waals surface area contributed by atoms with Crippen LogP contribution in [0.3, 0.4) is 0 Å². The molecule has 1 aromatic rings. The Morgan fingerprint density at radius 3 is 2.88 bits per heavy atom. The molecule has 3 rings (SSSR count). The second-order valence-corrected chi connectivity index (χ2v) is 11.0. The number of rotatable bonds is 4. The molecule has 2 atom stereocenters. The van der Waals surface area contributed by atoms with E-state index in [1.807, 2.05) is 32.0 Å². The Labute approximate surface area is 157 Å². The lowest BCUT2D eigenvalue weighted by molar-refractivity contribution is -0.131. The molecule has 0 aromatic heterocycles. The number of benzene rings is 1. The van der Waals surface area contributed by atoms with Crippen molar-refractivity contribution in [2.45, 2.75) is 37.3 Å². The number of carbonyl (C=O) groups excluding carboxylic acids is 1. The topological polar surface area (TPSA) is 66.8 Å². The minimum absolute atomic E-state index is 0.00300. The van der Waals surface area contributed by atoms with Crippen LogP contribution < -0.4 is 0 Å². The SMILES string of the molecule is CCN(C(=O)[C@H](C)SC1=Nc2ccccc2CS1)[C@@H]1CCS(=O)(=O)C1. The van der Waals surface area contributed by atoms with Gasteiger partial charge < -0.3 is 4.90 Å². The first kappa shape index (κ1) is 18.8. The molecular formula is C17H22N2O3S3. The summed E-state index contributed by atoms with van der Waals surface area (Å²) in [6.45, 7) is 4.32. The van der Waals surface area contributed by atoms with Gasteiger partial charge in [-0.3, -0.25) is 4.79 Å². The van der Waals surface area contributed by atoms with Crippen LogP contribution in [0, 0.1) is 0 Å². The molecule has 2 aliphatic rings. The van der Waals surface area contributed by atoms with Crippen molar-refractivity contribution in [3.8, 4) is 0 Å². The van der Waals surface area contributed by atoms with Crippen LogP contribution in [-0.4, -0.2) is 52.9 Å². The molecule has 8 heteroatoms. The van der Waals surface area contributed by atoms with Crippen LogP contribution in [0.5, 0.6) is 0 Å². The quantitative estimate of drug-likeness (QED) is 0.780. The van der Waals surface area contributed by atoms with Crippen LogP contribution in [0.15, 0.2) is 29.3 Å². The van der Waals surface area contributed by atoms with E-state index in [9.17, 15) is 13.2 Å². The van der Waals surface area contributed by atoms with Gasteiger partial charge in [-0.25, -0.2) is 13.4 Å². The number of hydrogen-bond acceptors (Lipinski definition) is 6. The summed E-state index contributed by atoms with van der Waals surface area (Å²) in [5, 5.41) is -0.278. The van der Waals surface area contributed by atoms with Crippen molar-refractivity contribution in [2.24, 2.45) is 4.99 Å². The summed E-state index contributed by atoms with van der Waals surface area (Å²) in [6.07, 6.45) is 0.544. The summed E-state index contributed by atoms with van der Waals surface area (Å²) < 4.78 is 24.3. The van der Waals surface area contributed by atoms with Crippen molar-refractivity contribution in [3.63, 3.8) is 0 Å². The fourth-order valence-electron chi connectivity index (χ4n) is 3.12. The van der Waals surface area contributed by atoms with Crippen LogP contribution in [0.2, 0.25) is 0 Å². The van der Waals surface area contributed by atoms with E-state index in [2.05, 4.69) is 11.1 Å². The lowest BCUT2D eigenvalue weighted by Gasteiger charge is -2.29. The van der Waals surface area contributed by atoms with Crippen LogP contribution in [-0.2, 0) is 20.4 Å². The number of amides is 1. The maximum Gasteiger partial charge on any atom is 0.236 e. The number of para-hydroxylation sites is 1. The van der Waals surface area contributed by atoms with Gasteiger partial charge >= 0.3 is 0 Å². The standard InChI is InChI=1S/C17H22N2O3S3/c1-3-19(14-8-9-25(21,22)11-14)16(20)12(2)24-17-18-15-7-5-4-6-13(15)10-23-17/h4-7,12,14H,3,8-11H2,1-2H3/t12-,14+/m0/s1. The number of sulfone groups is 1. The molecule has 0 N–H and O–H groups in total. The molecule has 0 bridgehead atoms. The molecule has 0 aliphatic carbocycles. The van der Waals surface area contributed by atoms with Crippen LogP contribution in [0.25, 0.3) is 0 Å². The van der Waals surface area contributed by atoms with Gasteiger partial charge in [0.25, 0.3) is 0 Å². The largest absolute Gasteiger partial charge is 0.338 e. The highest BCUT2D eigenvalue weighted by atomic mass is 32.2. The van der Waals surface area contributed by atoms with Crippen LogP contribution >= 0.6 is 23.5 Å². The van der Waals surface area contributed by atoms with Crippen LogP contribution in [0.1, 0.15) is 25.8 Å². The zero-order valence-electron chi connectivity index (χ0n) is 14.3. The van der Waals surface area contributed by atoms with E-state index >= 15 is 0 Å². The fourth-order valence-corrected chi connectivity index (χ4v) is 7.11. The molecule has 5 nitrogen and oxygen atoms in total. The molecule has 0 unspecified atom stereocenters. The first-order valence-electron chi connectivity index (χ1n) is 8.36. The molecule has 0 saturated carbocycles. The molecule has 136 valence electrons. The van der Waals surface area contributed by atoms with E-state index in [4.69, 9.17) is 0 Å². The van der Waals surface area contributed by atoms with Crippen molar-refractivity contribution in [1.29, 1.82) is 0 Å². The molecule has 2 heterocycles. The molecule has 1 amide bonds. The summed E-state index contributed by atoms with van der Waals surface area (Å²) in [6, 6.07) is 7.85. The predicted octanol–water partition coefficient (Wildman–Crippen LogP) is 3.08. The van der Waals surface area contributed by atoms with Gasteiger partial charge in [-0.2, -0.15) is 0 Å². The summed E-state index contributed by atoms with van der Waals surface area (Å²) in [5.74, 6) is 1.13. The van der Waals surface area contributed by atoms with Gasteiger partial charge in [-0.15, -0.1) is 0 Å². The third kappa shape index (κ3) is 4.41. The first-order valence-corrected chi connectivity index (χ1v) is 12.0. The average molecular weight is 399 g/mol. The second kappa shape index (κ2) is 7.72. The Kier molecular flexibility index (Phi) is 5.80. The maximum absolute atomic E-state index is 12.8. The van der Waals surface area contributed by atoms with Gasteiger partial charge in [0.15, 0.2) is 9.84 Å². The number of fused-ring (bicyclic) bond motifs is 1. The van der Waals surface area contributed by atoms with Crippen molar-refractivity contribution >= 4 is 49.3 Å². The van der Waals surface area contributed by atoms with Crippen molar-refractivity contribution in [1.82, 2.24) is 4.90 Å². The Bertz CT molecular complexity index is 792. The first-order chi connectivity index (χ1) is 11.9. The summed E-state index contributed by atoms with van der Waals surface area (Å²) in [7, 11) is -3.00. The molecule has 0 radical (unpaired) electrons. The Morgan fingerprint density at radius 2 is 2.20 bits per heavy atom. The van der Waals surface area contributed by atoms with Gasteiger partial charge in [-0.05, 0) is 31.9 Å². The Morgan fingerprint density at radius 1 is 1.44 bits per heavy atom. The van der Waals surface area contributed by atoms with E-state index in [0.717, 1.165) is 15.8 Å². The predicted molar refractivity (Wildman–Crippen MR) is 106 cm³/mol. The zero-order valence-corrected chi connectivity index (χ0v) is 16.8. The highest BCUT2D eigenvalue weighted by Crippen LogP contribution is 2.36. The molecule has 1 fully saturated rings. The average Bonchev–Trinajstić information content (AvgIpc) is 2.95. The molecule has 25 heavy (non-hydrogen) atoms. The molecular weight excluding hydrogens is 376 g/mol. The molecule has 0 spiro atoms. The lowest BCUT2D eigenvalue weighted by Crippen LogP contribution is -2.44. The van der Waals surface area contributed by atoms with E-state index in [1.165, 1.54) is 17.3 Å². The van der Waals surface area contributed by atoms with Gasteiger partial charge in [0.1, 0.15) is 4.38 Å². The summed E-state index contributed by atoms with van der Waals surface area (Å²) in [5.41, 5.74) is 2.18. The number of aliphatic imine (C=N–C) groups is 1. The van der Waals surface area contributed by atoms with Crippen molar-refractivity contribution in [3.05, 3.63) is 29.8 Å². The monoisotopic (exact) mass is 398 g/mol. The highest BCUT2D eigenvalue weighted by Gasteiger charge is 2.35. The molecule has 2 aliphatic heterocycles. The minimum atomic E-state index is -3.00. The second-order valence-electron chi connectivity index (χ2n) is 6.24. The van der Waals surface area contributed by atoms with Gasteiger partial charge in [0.2, 0.25) is 5.91 Å². The van der Waals surface area contributed by atoms with Crippen molar-refractivity contribution < 1.29 is 13.2 Å². The summed E-state index contributed by atoms with van der Waals surface area (Å²) >= 11 is 3.12. The van der Waals surface area contributed by atoms with Gasteiger partial charge in [0.05, 0.1) is 22.4 Å². The number of carbonyl (C=O) groups is 1. The lowest BCUT2D eigenvalue weighted by atomic mass is 10.2. The highest BCUT2D eigenvalue weighted by molar-refractivity contribution is 8.39. The number of thioether (sulfide) groups is 2. The minimum Gasteiger partial charge on any atom is -0.338 e. The van der Waals surface area contributed by atoms with Gasteiger partial charge in [0, 0.05) is 18.3 Å². The van der Waals surface area contributed by atoms with Crippen LogP contribution in [0.4, 0.5) is 5.69 Å². The van der Waals surface area contributed by atoms with Crippen molar-refractivity contribution in [2.75, 3.05) is 18.1 Å². The van der Waals surface area contributed by atoms with Gasteiger partial charge in [-0.1, -0.05) is 41.7 Å². The maximum atomic E-state index is 12.8. The van der Waals surface area contributed by atoms with E-state index in [0.29, 0.717) is 13.0 Å². The molecule has 1 saturated heterocycles. The summed E-state index contributed by atoms with van der Waals surface area (Å²) in [4.78, 5) is 19.2. The Hall–Kier alpha value is -0.990.